The van der Waals surface area contributed by atoms with Crippen molar-refractivity contribution in [2.75, 3.05) is 0 Å². The van der Waals surface area contributed by atoms with Crippen LogP contribution in [0.15, 0.2) is 12.2 Å². The molecule has 5 rings (SSSR count). The molecular formula is C21H29N3O. The van der Waals surface area contributed by atoms with E-state index in [1.165, 1.54) is 55.5 Å². The second-order valence-electron chi connectivity index (χ2n) is 8.64. The molecule has 1 heterocycles. The third kappa shape index (κ3) is 2.56. The maximum atomic E-state index is 13.5. The molecule has 0 aromatic carbocycles. The molecule has 4 nitrogen and oxygen atoms in total. The van der Waals surface area contributed by atoms with Gasteiger partial charge in [-0.3, -0.25) is 9.48 Å². The lowest BCUT2D eigenvalue weighted by Crippen LogP contribution is -2.43. The highest BCUT2D eigenvalue weighted by Crippen LogP contribution is 2.45. The number of carbonyl (C=O) groups is 1. The summed E-state index contributed by atoms with van der Waals surface area (Å²) in [6, 6.07) is 0.440. The SMILES string of the molecule is Cn1nc(CN(C(=O)C2CC3C=CC2C3)C2CCCC2)c2c1CCC2. The Kier molecular flexibility index (Phi) is 3.76. The van der Waals surface area contributed by atoms with Gasteiger partial charge in [0.15, 0.2) is 0 Å². The summed E-state index contributed by atoms with van der Waals surface area (Å²) in [6.07, 6.45) is 15.3. The number of aryl methyl sites for hydroxylation is 1. The fraction of sp³-hybridized carbons (Fsp3) is 0.714. The first-order chi connectivity index (χ1) is 12.2. The first kappa shape index (κ1) is 15.7. The van der Waals surface area contributed by atoms with Gasteiger partial charge in [-0.2, -0.15) is 5.10 Å². The summed E-state index contributed by atoms with van der Waals surface area (Å²) in [6.45, 7) is 0.740. The van der Waals surface area contributed by atoms with Crippen molar-refractivity contribution in [3.05, 3.63) is 29.1 Å². The number of carbonyl (C=O) groups excluding carboxylic acids is 1. The highest BCUT2D eigenvalue weighted by Gasteiger charge is 2.43. The van der Waals surface area contributed by atoms with Crippen LogP contribution < -0.4 is 0 Å². The number of aromatic nitrogens is 2. The largest absolute Gasteiger partial charge is 0.333 e. The van der Waals surface area contributed by atoms with Crippen LogP contribution in [0, 0.1) is 17.8 Å². The Bertz CT molecular complexity index is 713. The first-order valence-corrected chi connectivity index (χ1v) is 10.2. The van der Waals surface area contributed by atoms with Gasteiger partial charge in [0.2, 0.25) is 5.91 Å². The van der Waals surface area contributed by atoms with Gasteiger partial charge >= 0.3 is 0 Å². The highest BCUT2D eigenvalue weighted by molar-refractivity contribution is 5.80. The monoisotopic (exact) mass is 339 g/mol. The molecule has 0 aliphatic heterocycles. The van der Waals surface area contributed by atoms with Crippen LogP contribution in [0.5, 0.6) is 0 Å². The minimum Gasteiger partial charge on any atom is -0.333 e. The van der Waals surface area contributed by atoms with Crippen LogP contribution >= 0.6 is 0 Å². The van der Waals surface area contributed by atoms with Crippen molar-refractivity contribution < 1.29 is 4.79 Å². The van der Waals surface area contributed by atoms with Crippen molar-refractivity contribution in [1.29, 1.82) is 0 Å². The van der Waals surface area contributed by atoms with Gasteiger partial charge in [0, 0.05) is 24.7 Å². The Morgan fingerprint density at radius 3 is 2.76 bits per heavy atom. The summed E-state index contributed by atoms with van der Waals surface area (Å²) in [5.74, 6) is 1.80. The topological polar surface area (TPSA) is 38.1 Å². The van der Waals surface area contributed by atoms with E-state index in [-0.39, 0.29) is 5.92 Å². The van der Waals surface area contributed by atoms with Crippen molar-refractivity contribution in [3.63, 3.8) is 0 Å². The highest BCUT2D eigenvalue weighted by atomic mass is 16.2. The second-order valence-corrected chi connectivity index (χ2v) is 8.64. The Morgan fingerprint density at radius 2 is 2.04 bits per heavy atom. The molecule has 4 heteroatoms. The van der Waals surface area contributed by atoms with E-state index in [9.17, 15) is 4.79 Å². The average molecular weight is 339 g/mol. The predicted octanol–water partition coefficient (Wildman–Crippen LogP) is 3.39. The van der Waals surface area contributed by atoms with Crippen molar-refractivity contribution >= 4 is 5.91 Å². The predicted molar refractivity (Wildman–Crippen MR) is 96.9 cm³/mol. The molecule has 0 N–H and O–H groups in total. The van der Waals surface area contributed by atoms with Crippen molar-refractivity contribution in [1.82, 2.24) is 14.7 Å². The molecule has 2 saturated carbocycles. The van der Waals surface area contributed by atoms with Crippen molar-refractivity contribution in [2.24, 2.45) is 24.8 Å². The van der Waals surface area contributed by atoms with Crippen LogP contribution in [0.4, 0.5) is 0 Å². The summed E-state index contributed by atoms with van der Waals surface area (Å²) < 4.78 is 2.06. The molecule has 1 aromatic heterocycles. The van der Waals surface area contributed by atoms with E-state index >= 15 is 0 Å². The van der Waals surface area contributed by atoms with Crippen LogP contribution in [0.25, 0.3) is 0 Å². The van der Waals surface area contributed by atoms with E-state index in [1.54, 1.807) is 0 Å². The lowest BCUT2D eigenvalue weighted by Gasteiger charge is -2.33. The smallest absolute Gasteiger partial charge is 0.226 e. The maximum absolute atomic E-state index is 13.5. The van der Waals surface area contributed by atoms with Gasteiger partial charge in [0.1, 0.15) is 0 Å². The zero-order valence-electron chi connectivity index (χ0n) is 15.3. The molecule has 0 spiro atoms. The summed E-state index contributed by atoms with van der Waals surface area (Å²) in [4.78, 5) is 15.7. The lowest BCUT2D eigenvalue weighted by atomic mass is 9.91. The zero-order chi connectivity index (χ0) is 17.0. The average Bonchev–Trinajstić information content (AvgIpc) is 3.39. The van der Waals surface area contributed by atoms with Gasteiger partial charge in [0.05, 0.1) is 12.2 Å². The van der Waals surface area contributed by atoms with Gasteiger partial charge in [-0.1, -0.05) is 25.0 Å². The van der Waals surface area contributed by atoms with Gasteiger partial charge < -0.3 is 4.90 Å². The Hall–Kier alpha value is -1.58. The van der Waals surface area contributed by atoms with E-state index in [4.69, 9.17) is 5.10 Å². The third-order valence-electron chi connectivity index (χ3n) is 7.16. The standard InChI is InChI=1S/C21H29N3O/c1-23-20-8-4-7-17(20)19(22-23)13-24(16-5-2-3-6-16)21(25)18-12-14-9-10-15(18)11-14/h9-10,14-16,18H,2-8,11-13H2,1H3. The van der Waals surface area contributed by atoms with Crippen LogP contribution in [0.2, 0.25) is 0 Å². The van der Waals surface area contributed by atoms with E-state index in [0.29, 0.717) is 23.8 Å². The summed E-state index contributed by atoms with van der Waals surface area (Å²) in [7, 11) is 2.07. The molecule has 0 saturated heterocycles. The quantitative estimate of drug-likeness (QED) is 0.789. The number of amides is 1. The van der Waals surface area contributed by atoms with Crippen LogP contribution in [-0.4, -0.2) is 26.6 Å². The van der Waals surface area contributed by atoms with E-state index in [0.717, 1.165) is 25.8 Å². The molecule has 4 aliphatic rings. The number of nitrogens with zero attached hydrogens (tertiary/aromatic N) is 3. The summed E-state index contributed by atoms with van der Waals surface area (Å²) in [5, 5.41) is 4.81. The number of fused-ring (bicyclic) bond motifs is 3. The zero-order valence-corrected chi connectivity index (χ0v) is 15.3. The van der Waals surface area contributed by atoms with E-state index in [2.05, 4.69) is 28.8 Å². The number of rotatable bonds is 4. The van der Waals surface area contributed by atoms with E-state index < -0.39 is 0 Å². The minimum absolute atomic E-state index is 0.229. The molecule has 3 atom stereocenters. The molecule has 1 aromatic rings. The van der Waals surface area contributed by atoms with Crippen LogP contribution in [-0.2, 0) is 31.2 Å². The second kappa shape index (κ2) is 6.00. The molecule has 1 amide bonds. The fourth-order valence-corrected chi connectivity index (χ4v) is 5.87. The van der Waals surface area contributed by atoms with Gasteiger partial charge in [-0.25, -0.2) is 0 Å². The van der Waals surface area contributed by atoms with Crippen LogP contribution in [0.3, 0.4) is 0 Å². The summed E-state index contributed by atoms with van der Waals surface area (Å²) >= 11 is 0. The normalized spacial score (nSPS) is 30.4. The van der Waals surface area contributed by atoms with E-state index in [1.807, 2.05) is 0 Å². The molecule has 0 radical (unpaired) electrons. The van der Waals surface area contributed by atoms with Crippen molar-refractivity contribution in [3.8, 4) is 0 Å². The van der Waals surface area contributed by atoms with Crippen molar-refractivity contribution in [2.45, 2.75) is 70.4 Å². The Balaban J connectivity index is 1.42. The minimum atomic E-state index is 0.229. The van der Waals surface area contributed by atoms with Gasteiger partial charge in [-0.05, 0) is 62.3 Å². The number of hydrogen-bond donors (Lipinski definition) is 0. The maximum Gasteiger partial charge on any atom is 0.226 e. The molecule has 2 bridgehead atoms. The van der Waals surface area contributed by atoms with Crippen LogP contribution in [0.1, 0.15) is 61.9 Å². The molecule has 2 fully saturated rings. The molecule has 4 aliphatic carbocycles. The number of hydrogen-bond acceptors (Lipinski definition) is 2. The molecule has 25 heavy (non-hydrogen) atoms. The molecule has 3 unspecified atom stereocenters. The van der Waals surface area contributed by atoms with Gasteiger partial charge in [-0.15, -0.1) is 0 Å². The first-order valence-electron chi connectivity index (χ1n) is 10.2. The number of allylic oxidation sites excluding steroid dienone is 2. The molecular weight excluding hydrogens is 310 g/mol. The third-order valence-corrected chi connectivity index (χ3v) is 7.16. The molecule has 134 valence electrons. The fourth-order valence-electron chi connectivity index (χ4n) is 5.87. The Morgan fingerprint density at radius 1 is 1.20 bits per heavy atom. The van der Waals surface area contributed by atoms with Gasteiger partial charge in [0.25, 0.3) is 0 Å². The Labute approximate surface area is 150 Å². The lowest BCUT2D eigenvalue weighted by molar-refractivity contribution is -0.139. The summed E-state index contributed by atoms with van der Waals surface area (Å²) in [5.41, 5.74) is 4.01.